The van der Waals surface area contributed by atoms with Crippen molar-refractivity contribution in [2.45, 2.75) is 38.8 Å². The van der Waals surface area contributed by atoms with Crippen molar-refractivity contribution < 1.29 is 9.47 Å². The van der Waals surface area contributed by atoms with E-state index >= 15 is 0 Å². The molecule has 1 N–H and O–H groups in total. The first-order valence-corrected chi connectivity index (χ1v) is 15.5. The van der Waals surface area contributed by atoms with Crippen molar-refractivity contribution in [1.29, 1.82) is 0 Å². The maximum atomic E-state index is 6.32. The monoisotopic (exact) mass is 674 g/mol. The van der Waals surface area contributed by atoms with Crippen LogP contribution in [0.25, 0.3) is 0 Å². The van der Waals surface area contributed by atoms with Gasteiger partial charge in [0.15, 0.2) is 11.5 Å². The zero-order chi connectivity index (χ0) is 28.3. The van der Waals surface area contributed by atoms with Gasteiger partial charge in [0.2, 0.25) is 0 Å². The van der Waals surface area contributed by atoms with Crippen molar-refractivity contribution in [2.24, 2.45) is 10.9 Å². The second-order valence-corrected chi connectivity index (χ2v) is 12.1. The summed E-state index contributed by atoms with van der Waals surface area (Å²) in [5.41, 5.74) is 8.07. The Kier molecular flexibility index (Phi) is 8.35. The highest BCUT2D eigenvalue weighted by atomic mass is 127. The normalized spacial score (nSPS) is 19.1. The Bertz CT molecular complexity index is 1620. The number of fused-ring (bicyclic) bond motifs is 3. The highest BCUT2D eigenvalue weighted by molar-refractivity contribution is 14.1. The van der Waals surface area contributed by atoms with Crippen LogP contribution in [-0.4, -0.2) is 12.8 Å². The number of anilines is 1. The molecule has 0 radical (unpaired) electrons. The van der Waals surface area contributed by atoms with Crippen LogP contribution in [0.15, 0.2) is 96.0 Å². The van der Waals surface area contributed by atoms with Crippen LogP contribution in [0.5, 0.6) is 11.5 Å². The Balaban J connectivity index is 1.18. The molecule has 4 aromatic carbocycles. The third kappa shape index (κ3) is 6.02. The lowest BCUT2D eigenvalue weighted by molar-refractivity contribution is 0.267. The molecule has 0 unspecified atom stereocenters. The van der Waals surface area contributed by atoms with Crippen molar-refractivity contribution in [3.8, 4) is 11.5 Å². The van der Waals surface area contributed by atoms with Gasteiger partial charge in [-0.15, -0.1) is 0 Å². The molecule has 4 nitrogen and oxygen atoms in total. The van der Waals surface area contributed by atoms with Crippen molar-refractivity contribution >= 4 is 51.8 Å². The second-order valence-electron chi connectivity index (χ2n) is 10.6. The molecular formula is C35H32ClIN2O2. The lowest BCUT2D eigenvalue weighted by Crippen LogP contribution is -2.29. The predicted octanol–water partition coefficient (Wildman–Crippen LogP) is 9.81. The van der Waals surface area contributed by atoms with Crippen molar-refractivity contribution in [1.82, 2.24) is 0 Å². The van der Waals surface area contributed by atoms with E-state index in [2.05, 4.69) is 95.5 Å². The van der Waals surface area contributed by atoms with Crippen molar-refractivity contribution in [3.05, 3.63) is 127 Å². The van der Waals surface area contributed by atoms with E-state index < -0.39 is 0 Å². The zero-order valence-corrected chi connectivity index (χ0v) is 26.0. The summed E-state index contributed by atoms with van der Waals surface area (Å²) >= 11 is 8.61. The Hall–Kier alpha value is -3.29. The molecule has 0 fully saturated rings. The number of benzene rings is 4. The van der Waals surface area contributed by atoms with Crippen LogP contribution in [0.3, 0.4) is 0 Å². The predicted molar refractivity (Wildman–Crippen MR) is 177 cm³/mol. The lowest BCUT2D eigenvalue weighted by Gasteiger charge is -2.37. The minimum absolute atomic E-state index is 0.275. The zero-order valence-electron chi connectivity index (χ0n) is 23.1. The van der Waals surface area contributed by atoms with Gasteiger partial charge in [0, 0.05) is 28.4 Å². The minimum atomic E-state index is 0.275. The van der Waals surface area contributed by atoms with Gasteiger partial charge in [0.25, 0.3) is 0 Å². The molecule has 0 bridgehead atoms. The molecule has 1 heterocycles. The van der Waals surface area contributed by atoms with Crippen molar-refractivity contribution in [2.75, 3.05) is 11.9 Å². The Morgan fingerprint density at radius 3 is 2.66 bits per heavy atom. The molecule has 1 aliphatic heterocycles. The van der Waals surface area contributed by atoms with Gasteiger partial charge in [-0.05, 0) is 102 Å². The molecule has 0 saturated carbocycles. The number of halogens is 2. The highest BCUT2D eigenvalue weighted by Gasteiger charge is 2.37. The third-order valence-electron chi connectivity index (χ3n) is 7.79. The third-order valence-corrected chi connectivity index (χ3v) is 8.96. The molecule has 0 amide bonds. The van der Waals surface area contributed by atoms with E-state index in [4.69, 9.17) is 26.1 Å². The summed E-state index contributed by atoms with van der Waals surface area (Å²) in [6.45, 7) is 5.05. The summed E-state index contributed by atoms with van der Waals surface area (Å²) in [6.07, 6.45) is 7.70. The lowest BCUT2D eigenvalue weighted by atomic mass is 9.76. The first kappa shape index (κ1) is 27.9. The van der Waals surface area contributed by atoms with Crippen LogP contribution in [0.4, 0.5) is 11.4 Å². The number of nitrogens with one attached hydrogen (secondary N) is 1. The summed E-state index contributed by atoms with van der Waals surface area (Å²) in [6, 6.07) is 27.4. The molecular weight excluding hydrogens is 643 g/mol. The largest absolute Gasteiger partial charge is 0.490 e. The number of hydrogen-bond donors (Lipinski definition) is 1. The summed E-state index contributed by atoms with van der Waals surface area (Å²) in [4.78, 5) is 4.78. The van der Waals surface area contributed by atoms with Gasteiger partial charge in [0.1, 0.15) is 6.61 Å². The molecule has 2 aliphatic rings. The molecule has 0 aromatic heterocycles. The van der Waals surface area contributed by atoms with E-state index in [1.807, 2.05) is 43.5 Å². The Morgan fingerprint density at radius 1 is 1.02 bits per heavy atom. The molecule has 208 valence electrons. The summed E-state index contributed by atoms with van der Waals surface area (Å²) in [5, 5.41) is 4.52. The van der Waals surface area contributed by atoms with E-state index in [9.17, 15) is 0 Å². The smallest absolute Gasteiger partial charge is 0.175 e. The fourth-order valence-corrected chi connectivity index (χ4v) is 6.76. The maximum absolute atomic E-state index is 6.32. The Morgan fingerprint density at radius 2 is 1.85 bits per heavy atom. The van der Waals surface area contributed by atoms with E-state index in [-0.39, 0.29) is 6.04 Å². The van der Waals surface area contributed by atoms with Gasteiger partial charge >= 0.3 is 0 Å². The van der Waals surface area contributed by atoms with E-state index in [1.54, 1.807) is 0 Å². The molecule has 0 saturated heterocycles. The van der Waals surface area contributed by atoms with Crippen molar-refractivity contribution in [3.63, 3.8) is 0 Å². The number of nitrogens with zero attached hydrogens (tertiary/aromatic N) is 1. The highest BCUT2D eigenvalue weighted by Crippen LogP contribution is 2.50. The van der Waals surface area contributed by atoms with Gasteiger partial charge < -0.3 is 14.8 Å². The topological polar surface area (TPSA) is 42.8 Å². The fraction of sp³-hybridized carbons (Fsp3) is 0.229. The molecule has 3 atom stereocenters. The first-order valence-electron chi connectivity index (χ1n) is 14.0. The number of rotatable bonds is 8. The van der Waals surface area contributed by atoms with Crippen LogP contribution in [-0.2, 0) is 6.61 Å². The molecule has 4 aromatic rings. The van der Waals surface area contributed by atoms with Crippen LogP contribution in [0, 0.1) is 16.4 Å². The average Bonchev–Trinajstić information content (AvgIpc) is 3.47. The molecule has 41 heavy (non-hydrogen) atoms. The number of aryl methyl sites for hydroxylation is 1. The molecule has 1 aliphatic carbocycles. The van der Waals surface area contributed by atoms with Gasteiger partial charge in [-0.25, -0.2) is 0 Å². The number of ether oxygens (including phenoxy) is 2. The molecule has 6 rings (SSSR count). The fourth-order valence-electron chi connectivity index (χ4n) is 5.79. The summed E-state index contributed by atoms with van der Waals surface area (Å²) in [5.74, 6) is 2.40. The maximum Gasteiger partial charge on any atom is 0.175 e. The number of hydrogen-bond acceptors (Lipinski definition) is 4. The number of allylic oxidation sites excluding steroid dienone is 2. The average molecular weight is 675 g/mol. The molecule has 6 heteroatoms. The number of aliphatic imine (C=N–C) groups is 1. The first-order chi connectivity index (χ1) is 20.0. The van der Waals surface area contributed by atoms with Gasteiger partial charge in [0.05, 0.1) is 21.9 Å². The quantitative estimate of drug-likeness (QED) is 0.115. The summed E-state index contributed by atoms with van der Waals surface area (Å²) < 4.78 is 13.1. The van der Waals surface area contributed by atoms with E-state index in [0.717, 1.165) is 26.8 Å². The van der Waals surface area contributed by atoms with Gasteiger partial charge in [-0.2, -0.15) is 0 Å². The second kappa shape index (κ2) is 12.3. The van der Waals surface area contributed by atoms with E-state index in [0.29, 0.717) is 41.6 Å². The SMILES string of the molecule is CCOc1cc(C=Nc2ccc([C@@H]3Nc4ccc(C)cc4[C@H]4C=CC[C@H]43)cc2)cc(I)c1OCc1ccccc1Cl. The Labute approximate surface area is 260 Å². The summed E-state index contributed by atoms with van der Waals surface area (Å²) in [7, 11) is 0. The standard InChI is InChI=1S/C35H32ClIN2O2/c1-3-40-33-19-23(18-31(37)35(33)41-21-25-7-4-5-10-30(25)36)20-38-26-14-12-24(13-15-26)34-28-9-6-8-27(28)29-17-22(2)11-16-32(29)39-34/h4-8,10-20,27-28,34,39H,3,9,21H2,1-2H3/t27-,28+,34-/m0/s1. The van der Waals surface area contributed by atoms with Crippen LogP contribution in [0.2, 0.25) is 5.02 Å². The van der Waals surface area contributed by atoms with Gasteiger partial charge in [-0.3, -0.25) is 4.99 Å². The molecule has 0 spiro atoms. The van der Waals surface area contributed by atoms with Gasteiger partial charge in [-0.1, -0.05) is 71.8 Å². The van der Waals surface area contributed by atoms with E-state index in [1.165, 1.54) is 22.4 Å². The van der Waals surface area contributed by atoms with Crippen LogP contribution >= 0.6 is 34.2 Å². The van der Waals surface area contributed by atoms with Crippen LogP contribution in [0.1, 0.15) is 53.1 Å². The minimum Gasteiger partial charge on any atom is -0.490 e. The van der Waals surface area contributed by atoms with Crippen LogP contribution < -0.4 is 14.8 Å².